The molecular weight excluding hydrogens is 248 g/mol. The Morgan fingerprint density at radius 1 is 1.53 bits per heavy atom. The lowest BCUT2D eigenvalue weighted by atomic mass is 10.1. The van der Waals surface area contributed by atoms with Crippen LogP contribution in [0.2, 0.25) is 0 Å². The first kappa shape index (κ1) is 15.0. The van der Waals surface area contributed by atoms with Gasteiger partial charge in [0.2, 0.25) is 0 Å². The van der Waals surface area contributed by atoms with Gasteiger partial charge < -0.3 is 16.2 Å². The van der Waals surface area contributed by atoms with Crippen LogP contribution in [0.1, 0.15) is 42.2 Å². The van der Waals surface area contributed by atoms with E-state index in [1.807, 2.05) is 6.92 Å². The number of carboxylic acid groups (broad SMARTS) is 1. The molecule has 19 heavy (non-hydrogen) atoms. The number of hydrogen-bond acceptors (Lipinski definition) is 4. The summed E-state index contributed by atoms with van der Waals surface area (Å²) in [6.07, 6.45) is 2.17. The van der Waals surface area contributed by atoms with Gasteiger partial charge in [0.15, 0.2) is 0 Å². The first-order chi connectivity index (χ1) is 8.88. The monoisotopic (exact) mass is 268 g/mol. The summed E-state index contributed by atoms with van der Waals surface area (Å²) >= 11 is 0. The molecule has 7 nitrogen and oxygen atoms in total. The van der Waals surface area contributed by atoms with Crippen molar-refractivity contribution in [2.24, 2.45) is 12.8 Å². The van der Waals surface area contributed by atoms with E-state index in [2.05, 4.69) is 10.4 Å². The maximum Gasteiger partial charge on any atom is 0.326 e. The molecule has 0 aliphatic rings. The Balaban J connectivity index is 3.02. The third kappa shape index (κ3) is 3.46. The zero-order valence-corrected chi connectivity index (χ0v) is 11.4. The Kier molecular flexibility index (Phi) is 4.91. The Bertz CT molecular complexity index is 482. The molecule has 1 aromatic heterocycles. The lowest BCUT2D eigenvalue weighted by Gasteiger charge is -2.16. The fraction of sp³-hybridized carbons (Fsp3) is 0.583. The van der Waals surface area contributed by atoms with Crippen LogP contribution in [-0.4, -0.2) is 32.8 Å². The predicted octanol–water partition coefficient (Wildman–Crippen LogP) is 0.883. The zero-order valence-electron chi connectivity index (χ0n) is 11.4. The average Bonchev–Trinajstić information content (AvgIpc) is 2.58. The lowest BCUT2D eigenvalue weighted by Crippen LogP contribution is -2.31. The standard InChI is InChI=1S/C12H20N4O3/c1-4-5-6-8(12(18)19)14-11-9(10(13)17)7(2)15-16(11)3/h8,14H,4-6H2,1-3H3,(H2,13,17)(H,18,19). The van der Waals surface area contributed by atoms with Crippen molar-refractivity contribution in [3.63, 3.8) is 0 Å². The van der Waals surface area contributed by atoms with Crippen LogP contribution in [0.5, 0.6) is 0 Å². The number of carbonyl (C=O) groups excluding carboxylic acids is 1. The van der Waals surface area contributed by atoms with Crippen LogP contribution in [0.15, 0.2) is 0 Å². The van der Waals surface area contributed by atoms with Gasteiger partial charge in [0.05, 0.1) is 5.69 Å². The molecule has 0 saturated heterocycles. The fourth-order valence-corrected chi connectivity index (χ4v) is 1.95. The highest BCUT2D eigenvalue weighted by Gasteiger charge is 2.23. The van der Waals surface area contributed by atoms with E-state index >= 15 is 0 Å². The Hall–Kier alpha value is -2.05. The summed E-state index contributed by atoms with van der Waals surface area (Å²) < 4.78 is 1.44. The summed E-state index contributed by atoms with van der Waals surface area (Å²) in [6.45, 7) is 3.65. The van der Waals surface area contributed by atoms with Gasteiger partial charge in [-0.3, -0.25) is 9.48 Å². The van der Waals surface area contributed by atoms with E-state index in [1.165, 1.54) is 4.68 Å². The summed E-state index contributed by atoms with van der Waals surface area (Å²) in [7, 11) is 1.64. The number of carbonyl (C=O) groups is 2. The second kappa shape index (κ2) is 6.21. The molecule has 0 fully saturated rings. The number of carboxylic acids is 1. The third-order valence-corrected chi connectivity index (χ3v) is 2.92. The minimum absolute atomic E-state index is 0.241. The number of amides is 1. The molecule has 0 bridgehead atoms. The van der Waals surface area contributed by atoms with Crippen molar-refractivity contribution in [2.75, 3.05) is 5.32 Å². The average molecular weight is 268 g/mol. The first-order valence-electron chi connectivity index (χ1n) is 6.21. The van der Waals surface area contributed by atoms with Crippen LogP contribution in [0, 0.1) is 6.92 Å². The van der Waals surface area contributed by atoms with Crippen molar-refractivity contribution in [3.05, 3.63) is 11.3 Å². The van der Waals surface area contributed by atoms with Crippen LogP contribution in [0.3, 0.4) is 0 Å². The van der Waals surface area contributed by atoms with Crippen LogP contribution in [0.4, 0.5) is 5.82 Å². The summed E-state index contributed by atoms with van der Waals surface area (Å²) in [5, 5.41) is 16.1. The number of nitrogens with two attached hydrogens (primary N) is 1. The molecule has 0 aliphatic carbocycles. The number of primary amides is 1. The van der Waals surface area contributed by atoms with E-state index in [9.17, 15) is 14.7 Å². The van der Waals surface area contributed by atoms with E-state index < -0.39 is 17.9 Å². The maximum atomic E-state index is 11.4. The topological polar surface area (TPSA) is 110 Å². The highest BCUT2D eigenvalue weighted by Crippen LogP contribution is 2.20. The predicted molar refractivity (Wildman–Crippen MR) is 71.0 cm³/mol. The zero-order chi connectivity index (χ0) is 14.6. The van der Waals surface area contributed by atoms with Crippen molar-refractivity contribution >= 4 is 17.7 Å². The smallest absolute Gasteiger partial charge is 0.326 e. The molecule has 1 rings (SSSR count). The molecule has 1 atom stereocenters. The summed E-state index contributed by atoms with van der Waals surface area (Å²) in [5.74, 6) is -1.22. The normalized spacial score (nSPS) is 12.2. The molecule has 0 saturated carbocycles. The first-order valence-corrected chi connectivity index (χ1v) is 6.21. The van der Waals surface area contributed by atoms with E-state index in [0.29, 0.717) is 17.9 Å². The second-order valence-electron chi connectivity index (χ2n) is 4.47. The molecule has 7 heteroatoms. The number of aryl methyl sites for hydroxylation is 2. The third-order valence-electron chi connectivity index (χ3n) is 2.92. The van der Waals surface area contributed by atoms with Gasteiger partial charge in [-0.1, -0.05) is 19.8 Å². The molecule has 1 heterocycles. The van der Waals surface area contributed by atoms with E-state index in [4.69, 9.17) is 5.73 Å². The van der Waals surface area contributed by atoms with E-state index in [1.54, 1.807) is 14.0 Å². The van der Waals surface area contributed by atoms with Gasteiger partial charge in [0.25, 0.3) is 5.91 Å². The van der Waals surface area contributed by atoms with Crippen LogP contribution in [-0.2, 0) is 11.8 Å². The minimum Gasteiger partial charge on any atom is -0.480 e. The van der Waals surface area contributed by atoms with Gasteiger partial charge in [0, 0.05) is 7.05 Å². The molecule has 1 amide bonds. The SMILES string of the molecule is CCCCC(Nc1c(C(N)=O)c(C)nn1C)C(=O)O. The Labute approximate surface area is 111 Å². The van der Waals surface area contributed by atoms with Gasteiger partial charge in [-0.15, -0.1) is 0 Å². The van der Waals surface area contributed by atoms with Gasteiger partial charge in [-0.2, -0.15) is 5.10 Å². The maximum absolute atomic E-state index is 11.4. The lowest BCUT2D eigenvalue weighted by molar-refractivity contribution is -0.138. The number of rotatable bonds is 7. The van der Waals surface area contributed by atoms with Crippen LogP contribution >= 0.6 is 0 Å². The molecule has 0 aromatic carbocycles. The highest BCUT2D eigenvalue weighted by molar-refractivity contribution is 5.99. The van der Waals surface area contributed by atoms with Gasteiger partial charge in [-0.05, 0) is 13.3 Å². The Morgan fingerprint density at radius 3 is 2.63 bits per heavy atom. The molecule has 1 unspecified atom stereocenters. The highest BCUT2D eigenvalue weighted by atomic mass is 16.4. The number of nitrogens with one attached hydrogen (secondary N) is 1. The van der Waals surface area contributed by atoms with E-state index in [0.717, 1.165) is 12.8 Å². The quantitative estimate of drug-likeness (QED) is 0.680. The molecule has 1 aromatic rings. The summed E-state index contributed by atoms with van der Waals surface area (Å²) in [5.41, 5.74) is 6.03. The van der Waals surface area contributed by atoms with E-state index in [-0.39, 0.29) is 5.56 Å². The van der Waals surface area contributed by atoms with Crippen molar-refractivity contribution < 1.29 is 14.7 Å². The second-order valence-corrected chi connectivity index (χ2v) is 4.47. The molecule has 4 N–H and O–H groups in total. The summed E-state index contributed by atoms with van der Waals surface area (Å²) in [6, 6.07) is -0.757. The molecule has 106 valence electrons. The number of nitrogens with zero attached hydrogens (tertiary/aromatic N) is 2. The van der Waals surface area contributed by atoms with Crippen molar-refractivity contribution in [3.8, 4) is 0 Å². The van der Waals surface area contributed by atoms with Crippen molar-refractivity contribution in [1.82, 2.24) is 9.78 Å². The summed E-state index contributed by atoms with van der Waals surface area (Å²) in [4.78, 5) is 22.6. The van der Waals surface area contributed by atoms with Crippen LogP contribution < -0.4 is 11.1 Å². The molecule has 0 spiro atoms. The number of hydrogen-bond donors (Lipinski definition) is 3. The molecule has 0 aliphatic heterocycles. The number of unbranched alkanes of at least 4 members (excludes halogenated alkanes) is 1. The number of aliphatic carboxylic acids is 1. The van der Waals surface area contributed by atoms with Crippen molar-refractivity contribution in [1.29, 1.82) is 0 Å². The van der Waals surface area contributed by atoms with Crippen LogP contribution in [0.25, 0.3) is 0 Å². The largest absolute Gasteiger partial charge is 0.480 e. The fourth-order valence-electron chi connectivity index (χ4n) is 1.95. The van der Waals surface area contributed by atoms with Crippen molar-refractivity contribution in [2.45, 2.75) is 39.2 Å². The molecular formula is C12H20N4O3. The van der Waals surface area contributed by atoms with Gasteiger partial charge in [0.1, 0.15) is 17.4 Å². The number of aromatic nitrogens is 2. The molecule has 0 radical (unpaired) electrons. The Morgan fingerprint density at radius 2 is 2.16 bits per heavy atom. The van der Waals surface area contributed by atoms with Gasteiger partial charge >= 0.3 is 5.97 Å². The van der Waals surface area contributed by atoms with Gasteiger partial charge in [-0.25, -0.2) is 4.79 Å². The minimum atomic E-state index is -0.956. The number of anilines is 1.